The van der Waals surface area contributed by atoms with Crippen molar-refractivity contribution in [2.45, 2.75) is 71.9 Å². The van der Waals surface area contributed by atoms with Gasteiger partial charge in [0.25, 0.3) is 0 Å². The number of hydrogen-bond acceptors (Lipinski definition) is 4. The number of halogens is 1. The highest BCUT2D eigenvalue weighted by atomic mass is 19.1. The van der Waals surface area contributed by atoms with Gasteiger partial charge in [-0.3, -0.25) is 0 Å². The van der Waals surface area contributed by atoms with E-state index in [0.29, 0.717) is 23.7 Å². The van der Waals surface area contributed by atoms with Crippen LogP contribution in [0.15, 0.2) is 36.7 Å². The number of terminal acetylenes is 1. The molecule has 0 unspecified atom stereocenters. The van der Waals surface area contributed by atoms with Crippen molar-refractivity contribution in [3.05, 3.63) is 36.7 Å². The van der Waals surface area contributed by atoms with Crippen LogP contribution in [0.3, 0.4) is 0 Å². The minimum atomic E-state index is -1.32. The van der Waals surface area contributed by atoms with Gasteiger partial charge in [-0.15, -0.1) is 6.42 Å². The summed E-state index contributed by atoms with van der Waals surface area (Å²) in [4.78, 5) is 8.46. The third kappa shape index (κ3) is 11.1. The molecule has 1 heterocycles. The standard InChI is InChI=1S/C22H23FN2O2.C4H10.3H2/c1-4-6-8-13-22(3,23)17-27-19-11-9-18(10-12-19)21-24-15-20(16-25-21)26-14-7-5-2;1-3-4-2;;;/h2,9-12,15-16H,4,6,8,13,17H2,1,3H3;3-4H2,1-2H3;3*1H/t22-;;;;/m0..../s1. The number of unbranched alkanes of at least 4 members (excludes halogenated alkanes) is 3. The lowest BCUT2D eigenvalue weighted by Crippen LogP contribution is -2.27. The van der Waals surface area contributed by atoms with E-state index >= 15 is 0 Å². The highest BCUT2D eigenvalue weighted by molar-refractivity contribution is 5.56. The van der Waals surface area contributed by atoms with Crippen molar-refractivity contribution < 1.29 is 18.1 Å². The van der Waals surface area contributed by atoms with E-state index in [4.69, 9.17) is 15.9 Å². The molecule has 0 amide bonds. The van der Waals surface area contributed by atoms with E-state index in [1.807, 2.05) is 12.1 Å². The lowest BCUT2D eigenvalue weighted by atomic mass is 10.0. The Morgan fingerprint density at radius 3 is 2.19 bits per heavy atom. The second kappa shape index (κ2) is 14.9. The Morgan fingerprint density at radius 2 is 1.65 bits per heavy atom. The number of hydrogen-bond donors (Lipinski definition) is 0. The molecule has 0 spiro atoms. The summed E-state index contributed by atoms with van der Waals surface area (Å²) < 4.78 is 25.1. The third-order valence-corrected chi connectivity index (χ3v) is 4.37. The largest absolute Gasteiger partial charge is 0.490 e. The van der Waals surface area contributed by atoms with Gasteiger partial charge in [-0.25, -0.2) is 14.4 Å². The molecule has 31 heavy (non-hydrogen) atoms. The molecule has 5 heteroatoms. The summed E-state index contributed by atoms with van der Waals surface area (Å²) in [6.45, 7) is 8.09. The molecule has 2 rings (SSSR count). The average Bonchev–Trinajstić information content (AvgIpc) is 2.79. The van der Waals surface area contributed by atoms with Crippen molar-refractivity contribution in [1.82, 2.24) is 9.97 Å². The molecule has 0 aliphatic heterocycles. The fourth-order valence-electron chi connectivity index (χ4n) is 2.38. The van der Waals surface area contributed by atoms with Crippen LogP contribution in [0.1, 0.15) is 70.5 Å². The summed E-state index contributed by atoms with van der Waals surface area (Å²) in [5.74, 6) is 6.05. The summed E-state index contributed by atoms with van der Waals surface area (Å²) >= 11 is 0. The van der Waals surface area contributed by atoms with Crippen molar-refractivity contribution in [1.29, 1.82) is 0 Å². The van der Waals surface area contributed by atoms with Crippen LogP contribution in [0.5, 0.6) is 11.5 Å². The van der Waals surface area contributed by atoms with Crippen molar-refractivity contribution in [3.8, 4) is 47.3 Å². The van der Waals surface area contributed by atoms with Gasteiger partial charge in [0.15, 0.2) is 11.6 Å². The van der Waals surface area contributed by atoms with E-state index in [-0.39, 0.29) is 10.9 Å². The predicted molar refractivity (Wildman–Crippen MR) is 131 cm³/mol. The first-order chi connectivity index (χ1) is 15.0. The van der Waals surface area contributed by atoms with E-state index in [2.05, 4.69) is 48.7 Å². The Balaban J connectivity index is -0.00000127. The maximum absolute atomic E-state index is 14.4. The lowest BCUT2D eigenvalue weighted by Gasteiger charge is -2.20. The van der Waals surface area contributed by atoms with Crippen LogP contribution in [0.2, 0.25) is 0 Å². The summed E-state index contributed by atoms with van der Waals surface area (Å²) in [6, 6.07) is 7.22. The van der Waals surface area contributed by atoms with Crippen LogP contribution in [0.25, 0.3) is 11.4 Å². The number of ether oxygens (including phenoxy) is 2. The molecule has 0 radical (unpaired) electrons. The molecule has 0 aliphatic carbocycles. The van der Waals surface area contributed by atoms with Gasteiger partial charge in [0.2, 0.25) is 0 Å². The zero-order valence-electron chi connectivity index (χ0n) is 19.1. The quantitative estimate of drug-likeness (QED) is 0.292. The zero-order chi connectivity index (χ0) is 23.0. The van der Waals surface area contributed by atoms with E-state index in [9.17, 15) is 4.39 Å². The summed E-state index contributed by atoms with van der Waals surface area (Å²) in [5.41, 5.74) is -0.510. The molecule has 1 atom stereocenters. The molecule has 1 aromatic carbocycles. The van der Waals surface area contributed by atoms with E-state index in [1.54, 1.807) is 19.1 Å². The lowest BCUT2D eigenvalue weighted by molar-refractivity contribution is 0.0907. The Morgan fingerprint density at radius 1 is 1.00 bits per heavy atom. The fraction of sp³-hybridized carbons (Fsp3) is 0.462. The van der Waals surface area contributed by atoms with Gasteiger partial charge in [-0.2, -0.15) is 0 Å². The van der Waals surface area contributed by atoms with Gasteiger partial charge >= 0.3 is 0 Å². The van der Waals surface area contributed by atoms with Crippen LogP contribution in [0.4, 0.5) is 4.39 Å². The van der Waals surface area contributed by atoms with Crippen LogP contribution >= 0.6 is 0 Å². The number of alkyl halides is 1. The van der Waals surface area contributed by atoms with Gasteiger partial charge in [0.1, 0.15) is 24.1 Å². The monoisotopic (exact) mass is 430 g/mol. The summed E-state index contributed by atoms with van der Waals surface area (Å²) in [5, 5.41) is 0. The first-order valence-electron chi connectivity index (χ1n) is 10.8. The molecule has 0 saturated heterocycles. The molecule has 0 bridgehead atoms. The van der Waals surface area contributed by atoms with E-state index in [0.717, 1.165) is 24.8 Å². The molecule has 0 fully saturated rings. The average molecular weight is 431 g/mol. The van der Waals surface area contributed by atoms with E-state index in [1.165, 1.54) is 25.2 Å². The minimum Gasteiger partial charge on any atom is -0.490 e. The number of nitrogens with zero attached hydrogens (tertiary/aromatic N) is 2. The molecular formula is C26H39FN2O2. The zero-order valence-corrected chi connectivity index (χ0v) is 19.1. The Hall–Kier alpha value is -3.05. The van der Waals surface area contributed by atoms with Crippen LogP contribution in [0, 0.1) is 24.4 Å². The fourth-order valence-corrected chi connectivity index (χ4v) is 2.38. The Kier molecular flexibility index (Phi) is 12.5. The summed E-state index contributed by atoms with van der Waals surface area (Å²) in [6.07, 6.45) is 16.5. The molecule has 0 N–H and O–H groups in total. The molecule has 1 aromatic heterocycles. The third-order valence-electron chi connectivity index (χ3n) is 4.37. The molecular weight excluding hydrogens is 391 g/mol. The highest BCUT2D eigenvalue weighted by Gasteiger charge is 2.23. The maximum atomic E-state index is 14.4. The first kappa shape index (κ1) is 26.0. The van der Waals surface area contributed by atoms with Gasteiger partial charge < -0.3 is 9.47 Å². The smallest absolute Gasteiger partial charge is 0.176 e. The normalized spacial score (nSPS) is 11.6. The topological polar surface area (TPSA) is 44.2 Å². The summed E-state index contributed by atoms with van der Waals surface area (Å²) in [7, 11) is 0. The number of aromatic nitrogens is 2. The van der Waals surface area contributed by atoms with Crippen LogP contribution in [-0.4, -0.2) is 22.2 Å². The van der Waals surface area contributed by atoms with Gasteiger partial charge in [-0.05, 0) is 43.5 Å². The minimum absolute atomic E-state index is 0. The second-order valence-electron chi connectivity index (χ2n) is 7.40. The molecule has 0 saturated carbocycles. The Bertz CT molecular complexity index is 857. The Labute approximate surface area is 191 Å². The maximum Gasteiger partial charge on any atom is 0.176 e. The predicted octanol–water partition coefficient (Wildman–Crippen LogP) is 7.35. The van der Waals surface area contributed by atoms with E-state index < -0.39 is 5.67 Å². The molecule has 172 valence electrons. The van der Waals surface area contributed by atoms with Gasteiger partial charge in [-0.1, -0.05) is 52.9 Å². The van der Waals surface area contributed by atoms with Crippen LogP contribution < -0.4 is 9.47 Å². The van der Waals surface area contributed by atoms with Crippen molar-refractivity contribution in [2.24, 2.45) is 0 Å². The molecule has 2 aromatic rings. The SMILES string of the molecule is C#CC#COc1cnc(-c2ccc(OC[C@@](C)(F)CCCCC)cc2)nc1.CCCC.[HH].[HH].[HH]. The molecule has 4 nitrogen and oxygen atoms in total. The second-order valence-corrected chi connectivity index (χ2v) is 7.40. The van der Waals surface area contributed by atoms with Crippen molar-refractivity contribution in [3.63, 3.8) is 0 Å². The van der Waals surface area contributed by atoms with Gasteiger partial charge in [0.05, 0.1) is 12.4 Å². The van der Waals surface area contributed by atoms with Gasteiger partial charge in [0, 0.05) is 15.8 Å². The number of benzene rings is 1. The highest BCUT2D eigenvalue weighted by Crippen LogP contribution is 2.24. The molecule has 0 aliphatic rings. The van der Waals surface area contributed by atoms with Crippen molar-refractivity contribution in [2.75, 3.05) is 6.61 Å². The number of rotatable bonds is 10. The van der Waals surface area contributed by atoms with Crippen molar-refractivity contribution >= 4 is 0 Å². The first-order valence-corrected chi connectivity index (χ1v) is 10.8. The van der Waals surface area contributed by atoms with Crippen LogP contribution in [-0.2, 0) is 0 Å².